The summed E-state index contributed by atoms with van der Waals surface area (Å²) in [6.45, 7) is 10.3. The molecule has 3 heteroatoms. The average molecular weight is 347 g/mol. The molecule has 0 amide bonds. The van der Waals surface area contributed by atoms with Crippen molar-refractivity contribution in [1.82, 2.24) is 0 Å². The molecule has 1 aliphatic heterocycles. The summed E-state index contributed by atoms with van der Waals surface area (Å²) < 4.78 is 5.51. The molecule has 0 aromatic heterocycles. The number of carbonyl (C=O) groups excluding carboxylic acids is 1. The third kappa shape index (κ3) is 3.72. The molecule has 2 aromatic rings. The molecule has 0 radical (unpaired) electrons. The van der Waals surface area contributed by atoms with Crippen LogP contribution in [0.4, 0.5) is 5.69 Å². The first-order valence-electron chi connectivity index (χ1n) is 9.10. The van der Waals surface area contributed by atoms with Gasteiger partial charge in [-0.3, -0.25) is 0 Å². The summed E-state index contributed by atoms with van der Waals surface area (Å²) >= 11 is 0. The monoisotopic (exact) mass is 347 g/mol. The molecule has 0 unspecified atom stereocenters. The van der Waals surface area contributed by atoms with Crippen LogP contribution in [0.1, 0.15) is 36.1 Å². The predicted octanol–water partition coefficient (Wildman–Crippen LogP) is 5.13. The van der Waals surface area contributed by atoms with Crippen molar-refractivity contribution in [3.8, 4) is 0 Å². The lowest BCUT2D eigenvalue weighted by Gasteiger charge is -2.20. The number of benzene rings is 2. The molecule has 0 spiro atoms. The number of carbonyl (C=O) groups is 1. The lowest BCUT2D eigenvalue weighted by Crippen LogP contribution is -2.21. The molecule has 0 fully saturated rings. The number of hydrogen-bond acceptors (Lipinski definition) is 3. The summed E-state index contributed by atoms with van der Waals surface area (Å²) in [6.07, 6.45) is 3.72. The normalized spacial score (nSPS) is 15.2. The Morgan fingerprint density at radius 1 is 1.00 bits per heavy atom. The number of cyclic esters (lactones) is 1. The zero-order valence-corrected chi connectivity index (χ0v) is 15.9. The highest BCUT2D eigenvalue weighted by Crippen LogP contribution is 2.30. The maximum Gasteiger partial charge on any atom is 0.343 e. The fourth-order valence-corrected chi connectivity index (χ4v) is 3.17. The van der Waals surface area contributed by atoms with E-state index in [0.717, 1.165) is 35.3 Å². The van der Waals surface area contributed by atoms with Gasteiger partial charge in [0.15, 0.2) is 0 Å². The largest absolute Gasteiger partial charge is 0.422 e. The third-order valence-corrected chi connectivity index (χ3v) is 4.73. The van der Waals surface area contributed by atoms with Gasteiger partial charge in [0.05, 0.1) is 5.57 Å². The molecule has 3 rings (SSSR count). The fourth-order valence-electron chi connectivity index (χ4n) is 3.17. The van der Waals surface area contributed by atoms with Crippen molar-refractivity contribution < 1.29 is 9.53 Å². The fraction of sp³-hybridized carbons (Fsp3) is 0.261. The quantitative estimate of drug-likeness (QED) is 0.555. The van der Waals surface area contributed by atoms with Gasteiger partial charge >= 0.3 is 5.97 Å². The first-order valence-corrected chi connectivity index (χ1v) is 9.10. The van der Waals surface area contributed by atoms with Crippen LogP contribution >= 0.6 is 0 Å². The molecule has 26 heavy (non-hydrogen) atoms. The minimum atomic E-state index is -0.297. The second-order valence-corrected chi connectivity index (χ2v) is 6.58. The Kier molecular flexibility index (Phi) is 5.27. The van der Waals surface area contributed by atoms with E-state index in [4.69, 9.17) is 4.74 Å². The van der Waals surface area contributed by atoms with Crippen LogP contribution in [-0.2, 0) is 9.53 Å². The molecule has 1 heterocycles. The van der Waals surface area contributed by atoms with Crippen molar-refractivity contribution in [2.24, 2.45) is 0 Å². The van der Waals surface area contributed by atoms with Gasteiger partial charge in [-0.25, -0.2) is 4.79 Å². The van der Waals surface area contributed by atoms with Gasteiger partial charge in [0.2, 0.25) is 0 Å². The van der Waals surface area contributed by atoms with Gasteiger partial charge in [-0.2, -0.15) is 0 Å². The lowest BCUT2D eigenvalue weighted by atomic mass is 10.0. The summed E-state index contributed by atoms with van der Waals surface area (Å²) in [6, 6.07) is 14.4. The van der Waals surface area contributed by atoms with Crippen LogP contribution in [0.25, 0.3) is 11.8 Å². The van der Waals surface area contributed by atoms with E-state index in [2.05, 4.69) is 43.0 Å². The Bertz CT molecular complexity index is 872. The van der Waals surface area contributed by atoms with Crippen LogP contribution in [0.3, 0.4) is 0 Å². The Labute approximate surface area is 155 Å². The number of hydrogen-bond donors (Lipinski definition) is 0. The highest BCUT2D eigenvalue weighted by Gasteiger charge is 2.23. The molecule has 134 valence electrons. The van der Waals surface area contributed by atoms with E-state index in [9.17, 15) is 4.79 Å². The maximum absolute atomic E-state index is 12.3. The van der Waals surface area contributed by atoms with Crippen molar-refractivity contribution in [2.75, 3.05) is 18.0 Å². The van der Waals surface area contributed by atoms with Crippen molar-refractivity contribution in [3.05, 3.63) is 76.4 Å². The second-order valence-electron chi connectivity index (χ2n) is 6.58. The third-order valence-electron chi connectivity index (χ3n) is 4.73. The van der Waals surface area contributed by atoms with Crippen LogP contribution in [0.5, 0.6) is 0 Å². The van der Waals surface area contributed by atoms with Crippen LogP contribution < -0.4 is 4.90 Å². The molecule has 0 N–H and O–H groups in total. The predicted molar refractivity (Wildman–Crippen MR) is 108 cm³/mol. The minimum absolute atomic E-state index is 0.297. The highest BCUT2D eigenvalue weighted by atomic mass is 16.5. The topological polar surface area (TPSA) is 29.5 Å². The highest BCUT2D eigenvalue weighted by molar-refractivity contribution is 6.05. The number of ether oxygens (including phenoxy) is 1. The number of rotatable bonds is 5. The Hall–Kier alpha value is -2.81. The summed E-state index contributed by atoms with van der Waals surface area (Å²) in [5.41, 5.74) is 5.98. The smallest absolute Gasteiger partial charge is 0.343 e. The number of aryl methyl sites for hydroxylation is 2. The van der Waals surface area contributed by atoms with E-state index in [1.165, 1.54) is 5.69 Å². The Morgan fingerprint density at radius 2 is 1.69 bits per heavy atom. The molecular weight excluding hydrogens is 322 g/mol. The summed E-state index contributed by atoms with van der Waals surface area (Å²) in [5, 5.41) is 0. The van der Waals surface area contributed by atoms with Crippen molar-refractivity contribution in [1.29, 1.82) is 0 Å². The maximum atomic E-state index is 12.3. The second kappa shape index (κ2) is 7.61. The molecule has 0 saturated carbocycles. The van der Waals surface area contributed by atoms with Crippen molar-refractivity contribution >= 4 is 23.5 Å². The first-order chi connectivity index (χ1) is 12.5. The van der Waals surface area contributed by atoms with E-state index in [0.29, 0.717) is 11.3 Å². The number of nitrogens with zero attached hydrogens (tertiary/aromatic N) is 1. The van der Waals surface area contributed by atoms with Gasteiger partial charge in [0.25, 0.3) is 0 Å². The van der Waals surface area contributed by atoms with Gasteiger partial charge < -0.3 is 9.64 Å². The van der Waals surface area contributed by atoms with Gasteiger partial charge in [-0.15, -0.1) is 0 Å². The van der Waals surface area contributed by atoms with Crippen molar-refractivity contribution in [3.63, 3.8) is 0 Å². The molecule has 1 aliphatic rings. The standard InChI is InChI=1S/C23H25NO2/c1-5-24(6-2)20-11-9-18(10-12-20)14-19-15-22(26-23(19)25)21-13-16(3)7-8-17(21)4/h7-15H,5-6H2,1-4H3/b19-14-. The van der Waals surface area contributed by atoms with E-state index in [1.807, 2.05) is 44.2 Å². The van der Waals surface area contributed by atoms with E-state index < -0.39 is 0 Å². The number of anilines is 1. The zero-order chi connectivity index (χ0) is 18.7. The van der Waals surface area contributed by atoms with Gasteiger partial charge in [0, 0.05) is 24.3 Å². The van der Waals surface area contributed by atoms with Gasteiger partial charge in [-0.1, -0.05) is 29.8 Å². The summed E-state index contributed by atoms with van der Waals surface area (Å²) in [5.74, 6) is 0.330. The Morgan fingerprint density at radius 3 is 2.35 bits per heavy atom. The molecular formula is C23H25NO2. The van der Waals surface area contributed by atoms with Gasteiger partial charge in [0.1, 0.15) is 5.76 Å². The lowest BCUT2D eigenvalue weighted by molar-refractivity contribution is -0.130. The van der Waals surface area contributed by atoms with Gasteiger partial charge in [-0.05, 0) is 69.2 Å². The molecule has 2 aromatic carbocycles. The van der Waals surface area contributed by atoms with E-state index in [1.54, 1.807) is 0 Å². The van der Waals surface area contributed by atoms with Crippen LogP contribution in [0.2, 0.25) is 0 Å². The molecule has 0 aliphatic carbocycles. The average Bonchev–Trinajstić information content (AvgIpc) is 3.00. The first kappa shape index (κ1) is 18.0. The number of esters is 1. The summed E-state index contributed by atoms with van der Waals surface area (Å²) in [4.78, 5) is 14.6. The molecule has 0 atom stereocenters. The van der Waals surface area contributed by atoms with Crippen LogP contribution in [-0.4, -0.2) is 19.1 Å². The molecule has 0 saturated heterocycles. The van der Waals surface area contributed by atoms with Crippen molar-refractivity contribution in [2.45, 2.75) is 27.7 Å². The Balaban J connectivity index is 1.88. The van der Waals surface area contributed by atoms with E-state index in [-0.39, 0.29) is 5.97 Å². The zero-order valence-electron chi connectivity index (χ0n) is 15.9. The molecule has 0 bridgehead atoms. The molecule has 3 nitrogen and oxygen atoms in total. The SMILES string of the molecule is CCN(CC)c1ccc(/C=C2/C=C(c3cc(C)ccc3C)OC2=O)cc1. The van der Waals surface area contributed by atoms with Crippen LogP contribution in [0.15, 0.2) is 54.1 Å². The summed E-state index contributed by atoms with van der Waals surface area (Å²) in [7, 11) is 0. The van der Waals surface area contributed by atoms with E-state index >= 15 is 0 Å². The minimum Gasteiger partial charge on any atom is -0.422 e. The van der Waals surface area contributed by atoms with Crippen LogP contribution in [0, 0.1) is 13.8 Å².